The number of rotatable bonds is 3. The third-order valence-electron chi connectivity index (χ3n) is 2.81. The van der Waals surface area contributed by atoms with Gasteiger partial charge in [0.05, 0.1) is 5.69 Å². The van der Waals surface area contributed by atoms with Crippen molar-refractivity contribution in [1.29, 1.82) is 0 Å². The van der Waals surface area contributed by atoms with E-state index in [1.165, 1.54) is 23.6 Å². The first kappa shape index (κ1) is 10.3. The van der Waals surface area contributed by atoms with Crippen molar-refractivity contribution < 1.29 is 0 Å². The molecule has 0 aliphatic rings. The van der Waals surface area contributed by atoms with E-state index in [0.717, 1.165) is 6.42 Å². The van der Waals surface area contributed by atoms with Crippen LogP contribution in [-0.4, -0.2) is 9.55 Å². The summed E-state index contributed by atoms with van der Waals surface area (Å²) in [6.07, 6.45) is 2.20. The van der Waals surface area contributed by atoms with Crippen molar-refractivity contribution in [3.8, 4) is 0 Å². The van der Waals surface area contributed by atoms with E-state index >= 15 is 0 Å². The number of hydrogen-bond acceptors (Lipinski definition) is 1. The largest absolute Gasteiger partial charge is 0.329 e. The molecule has 0 saturated heterocycles. The van der Waals surface area contributed by atoms with Crippen molar-refractivity contribution >= 4 is 0 Å². The van der Waals surface area contributed by atoms with Crippen LogP contribution in [0.1, 0.15) is 50.4 Å². The summed E-state index contributed by atoms with van der Waals surface area (Å²) in [6, 6.07) is 0.580. The second-order valence-electron chi connectivity index (χ2n) is 3.68. The Balaban J connectivity index is 3.15. The summed E-state index contributed by atoms with van der Waals surface area (Å²) in [5.41, 5.74) is 2.50. The standard InChI is InChI=1S/C11H20N2/c1-6-8(3)13-10(5)9(4)12-11(13)7-2/h8H,6-7H2,1-5H3. The van der Waals surface area contributed by atoms with Gasteiger partial charge in [0.15, 0.2) is 0 Å². The fraction of sp³-hybridized carbons (Fsp3) is 0.727. The minimum atomic E-state index is 0.580. The first-order valence-corrected chi connectivity index (χ1v) is 5.16. The molecule has 2 nitrogen and oxygen atoms in total. The molecule has 0 radical (unpaired) electrons. The summed E-state index contributed by atoms with van der Waals surface area (Å²) in [5.74, 6) is 1.23. The number of hydrogen-bond donors (Lipinski definition) is 0. The van der Waals surface area contributed by atoms with Crippen molar-refractivity contribution in [3.63, 3.8) is 0 Å². The quantitative estimate of drug-likeness (QED) is 0.699. The lowest BCUT2D eigenvalue weighted by Crippen LogP contribution is -2.09. The molecule has 0 fully saturated rings. The molecular formula is C11H20N2. The first-order chi connectivity index (χ1) is 6.11. The van der Waals surface area contributed by atoms with Gasteiger partial charge < -0.3 is 4.57 Å². The Morgan fingerprint density at radius 2 is 1.92 bits per heavy atom. The topological polar surface area (TPSA) is 17.8 Å². The maximum absolute atomic E-state index is 4.56. The molecule has 1 rings (SSSR count). The van der Waals surface area contributed by atoms with Crippen molar-refractivity contribution in [1.82, 2.24) is 9.55 Å². The van der Waals surface area contributed by atoms with Crippen LogP contribution in [0.25, 0.3) is 0 Å². The smallest absolute Gasteiger partial charge is 0.109 e. The molecule has 0 aliphatic carbocycles. The molecular weight excluding hydrogens is 160 g/mol. The van der Waals surface area contributed by atoms with E-state index in [1.54, 1.807) is 0 Å². The van der Waals surface area contributed by atoms with E-state index in [9.17, 15) is 0 Å². The van der Waals surface area contributed by atoms with Crippen LogP contribution in [0.5, 0.6) is 0 Å². The van der Waals surface area contributed by atoms with Crippen LogP contribution in [-0.2, 0) is 6.42 Å². The summed E-state index contributed by atoms with van der Waals surface area (Å²) < 4.78 is 2.37. The molecule has 1 aromatic heterocycles. The SMILES string of the molecule is CCc1nc(C)c(C)n1C(C)CC. The lowest BCUT2D eigenvalue weighted by Gasteiger charge is -2.15. The third-order valence-corrected chi connectivity index (χ3v) is 2.81. The van der Waals surface area contributed by atoms with Gasteiger partial charge in [-0.1, -0.05) is 13.8 Å². The predicted molar refractivity (Wildman–Crippen MR) is 56.1 cm³/mol. The lowest BCUT2D eigenvalue weighted by atomic mass is 10.2. The van der Waals surface area contributed by atoms with Crippen molar-refractivity contribution in [2.45, 2.75) is 53.5 Å². The van der Waals surface area contributed by atoms with E-state index < -0.39 is 0 Å². The van der Waals surface area contributed by atoms with Gasteiger partial charge >= 0.3 is 0 Å². The van der Waals surface area contributed by atoms with Gasteiger partial charge in [-0.25, -0.2) is 4.98 Å². The summed E-state index contributed by atoms with van der Waals surface area (Å²) in [6.45, 7) is 10.9. The minimum absolute atomic E-state index is 0.580. The third kappa shape index (κ3) is 1.77. The molecule has 1 heterocycles. The Hall–Kier alpha value is -0.790. The van der Waals surface area contributed by atoms with Gasteiger partial charge in [-0.15, -0.1) is 0 Å². The van der Waals surface area contributed by atoms with E-state index in [0.29, 0.717) is 6.04 Å². The normalized spacial score (nSPS) is 13.3. The van der Waals surface area contributed by atoms with Crippen LogP contribution < -0.4 is 0 Å². The highest BCUT2D eigenvalue weighted by atomic mass is 15.1. The highest BCUT2D eigenvalue weighted by Crippen LogP contribution is 2.19. The summed E-state index contributed by atoms with van der Waals surface area (Å²) in [4.78, 5) is 4.56. The van der Waals surface area contributed by atoms with Crippen LogP contribution in [0.3, 0.4) is 0 Å². The number of aryl methyl sites for hydroxylation is 2. The molecule has 0 aliphatic heterocycles. The Bertz CT molecular complexity index is 287. The summed E-state index contributed by atoms with van der Waals surface area (Å²) >= 11 is 0. The zero-order chi connectivity index (χ0) is 10.0. The van der Waals surface area contributed by atoms with Gasteiger partial charge in [0.2, 0.25) is 0 Å². The van der Waals surface area contributed by atoms with Crippen LogP contribution >= 0.6 is 0 Å². The number of nitrogens with zero attached hydrogens (tertiary/aromatic N) is 2. The molecule has 0 aromatic carbocycles. The Labute approximate surface area is 81.0 Å². The summed E-state index contributed by atoms with van der Waals surface area (Å²) in [5, 5.41) is 0. The molecule has 1 aromatic rings. The van der Waals surface area contributed by atoms with E-state index in [4.69, 9.17) is 0 Å². The molecule has 74 valence electrons. The lowest BCUT2D eigenvalue weighted by molar-refractivity contribution is 0.500. The van der Waals surface area contributed by atoms with Crippen LogP contribution in [0, 0.1) is 13.8 Å². The monoisotopic (exact) mass is 180 g/mol. The maximum Gasteiger partial charge on any atom is 0.109 e. The molecule has 0 bridgehead atoms. The molecule has 1 atom stereocenters. The summed E-state index contributed by atoms with van der Waals surface area (Å²) in [7, 11) is 0. The Kier molecular flexibility index (Phi) is 3.12. The molecule has 2 heteroatoms. The fourth-order valence-corrected chi connectivity index (χ4v) is 1.71. The van der Waals surface area contributed by atoms with E-state index in [2.05, 4.69) is 44.2 Å². The van der Waals surface area contributed by atoms with Gasteiger partial charge in [-0.05, 0) is 27.2 Å². The highest BCUT2D eigenvalue weighted by molar-refractivity contribution is 5.15. The Morgan fingerprint density at radius 1 is 1.31 bits per heavy atom. The minimum Gasteiger partial charge on any atom is -0.329 e. The van der Waals surface area contributed by atoms with Crippen molar-refractivity contribution in [2.24, 2.45) is 0 Å². The van der Waals surface area contributed by atoms with Gasteiger partial charge in [0.1, 0.15) is 5.82 Å². The molecule has 13 heavy (non-hydrogen) atoms. The average Bonchev–Trinajstić information content (AvgIpc) is 2.42. The number of imidazole rings is 1. The molecule has 0 N–H and O–H groups in total. The van der Waals surface area contributed by atoms with Gasteiger partial charge in [0.25, 0.3) is 0 Å². The molecule has 0 saturated carbocycles. The molecule has 1 unspecified atom stereocenters. The zero-order valence-corrected chi connectivity index (χ0v) is 9.39. The fourth-order valence-electron chi connectivity index (χ4n) is 1.71. The predicted octanol–water partition coefficient (Wildman–Crippen LogP) is 3.03. The average molecular weight is 180 g/mol. The van der Waals surface area contributed by atoms with Crippen LogP contribution in [0.4, 0.5) is 0 Å². The van der Waals surface area contributed by atoms with Crippen LogP contribution in [0.2, 0.25) is 0 Å². The van der Waals surface area contributed by atoms with Crippen molar-refractivity contribution in [3.05, 3.63) is 17.2 Å². The number of aromatic nitrogens is 2. The van der Waals surface area contributed by atoms with Gasteiger partial charge in [0, 0.05) is 18.2 Å². The van der Waals surface area contributed by atoms with Gasteiger partial charge in [-0.3, -0.25) is 0 Å². The van der Waals surface area contributed by atoms with Crippen LogP contribution in [0.15, 0.2) is 0 Å². The first-order valence-electron chi connectivity index (χ1n) is 5.16. The Morgan fingerprint density at radius 3 is 2.38 bits per heavy atom. The zero-order valence-electron chi connectivity index (χ0n) is 9.39. The second kappa shape index (κ2) is 3.95. The van der Waals surface area contributed by atoms with Crippen molar-refractivity contribution in [2.75, 3.05) is 0 Å². The molecule has 0 amide bonds. The molecule has 0 spiro atoms. The van der Waals surface area contributed by atoms with E-state index in [-0.39, 0.29) is 0 Å². The second-order valence-corrected chi connectivity index (χ2v) is 3.68. The van der Waals surface area contributed by atoms with Gasteiger partial charge in [-0.2, -0.15) is 0 Å². The van der Waals surface area contributed by atoms with E-state index in [1.807, 2.05) is 0 Å². The maximum atomic E-state index is 4.56. The highest BCUT2D eigenvalue weighted by Gasteiger charge is 2.12.